The Bertz CT molecular complexity index is 507. The molecule has 0 spiro atoms. The molecule has 0 radical (unpaired) electrons. The summed E-state index contributed by atoms with van der Waals surface area (Å²) in [5.74, 6) is 1.62. The Hall–Kier alpha value is -1.31. The molecule has 2 nitrogen and oxygen atoms in total. The van der Waals surface area contributed by atoms with E-state index in [-0.39, 0.29) is 0 Å². The van der Waals surface area contributed by atoms with E-state index < -0.39 is 0 Å². The van der Waals surface area contributed by atoms with Gasteiger partial charge in [-0.25, -0.2) is 4.98 Å². The highest BCUT2D eigenvalue weighted by atomic mass is 15.0. The van der Waals surface area contributed by atoms with E-state index in [1.165, 1.54) is 16.8 Å². The minimum Gasteiger partial charge on any atom is -0.300 e. The van der Waals surface area contributed by atoms with Gasteiger partial charge in [0, 0.05) is 5.69 Å². The smallest absolute Gasteiger partial charge is 0.110 e. The van der Waals surface area contributed by atoms with Gasteiger partial charge < -0.3 is 4.40 Å². The van der Waals surface area contributed by atoms with Gasteiger partial charge in [-0.05, 0) is 38.3 Å². The van der Waals surface area contributed by atoms with Crippen molar-refractivity contribution in [3.8, 4) is 0 Å². The number of aryl methyl sites for hydroxylation is 3. The van der Waals surface area contributed by atoms with E-state index >= 15 is 0 Å². The SMILES string of the molecule is Cc1ccc(C(C)C)n2c(C)nc(C)c12. The van der Waals surface area contributed by atoms with Crippen molar-refractivity contribution in [1.82, 2.24) is 9.38 Å². The summed E-state index contributed by atoms with van der Waals surface area (Å²) in [6, 6.07) is 4.40. The van der Waals surface area contributed by atoms with Gasteiger partial charge in [0.2, 0.25) is 0 Å². The monoisotopic (exact) mass is 202 g/mol. The van der Waals surface area contributed by atoms with Crippen LogP contribution in [0.3, 0.4) is 0 Å². The highest BCUT2D eigenvalue weighted by molar-refractivity contribution is 5.60. The van der Waals surface area contributed by atoms with Crippen molar-refractivity contribution in [2.45, 2.75) is 40.5 Å². The molecule has 0 bridgehead atoms. The topological polar surface area (TPSA) is 17.3 Å². The van der Waals surface area contributed by atoms with Gasteiger partial charge in [-0.3, -0.25) is 0 Å². The zero-order valence-corrected chi connectivity index (χ0v) is 10.1. The lowest BCUT2D eigenvalue weighted by Crippen LogP contribution is -2.01. The van der Waals surface area contributed by atoms with Crippen molar-refractivity contribution in [3.05, 3.63) is 34.9 Å². The van der Waals surface area contributed by atoms with E-state index in [1.807, 2.05) is 0 Å². The largest absolute Gasteiger partial charge is 0.300 e. The number of hydrogen-bond donors (Lipinski definition) is 0. The Morgan fingerprint density at radius 3 is 2.40 bits per heavy atom. The molecule has 0 aliphatic rings. The van der Waals surface area contributed by atoms with Crippen LogP contribution in [-0.2, 0) is 0 Å². The molecule has 80 valence electrons. The number of hydrogen-bond acceptors (Lipinski definition) is 1. The molecule has 0 unspecified atom stereocenters. The minimum atomic E-state index is 0.528. The zero-order chi connectivity index (χ0) is 11.2. The molecule has 0 amide bonds. The van der Waals surface area contributed by atoms with Crippen LogP contribution >= 0.6 is 0 Å². The summed E-state index contributed by atoms with van der Waals surface area (Å²) < 4.78 is 2.29. The molecule has 0 aliphatic carbocycles. The first-order valence-corrected chi connectivity index (χ1v) is 5.47. The maximum Gasteiger partial charge on any atom is 0.110 e. The first-order chi connectivity index (χ1) is 7.02. The van der Waals surface area contributed by atoms with Crippen LogP contribution in [0.4, 0.5) is 0 Å². The Balaban J connectivity index is 2.92. The number of imidazole rings is 1. The summed E-state index contributed by atoms with van der Waals surface area (Å²) in [5, 5.41) is 0. The average Bonchev–Trinajstić information content (AvgIpc) is 2.43. The van der Waals surface area contributed by atoms with Crippen molar-refractivity contribution in [2.24, 2.45) is 0 Å². The van der Waals surface area contributed by atoms with Gasteiger partial charge >= 0.3 is 0 Å². The van der Waals surface area contributed by atoms with Gasteiger partial charge in [0.25, 0.3) is 0 Å². The Morgan fingerprint density at radius 2 is 1.80 bits per heavy atom. The van der Waals surface area contributed by atoms with E-state index in [1.54, 1.807) is 0 Å². The summed E-state index contributed by atoms with van der Waals surface area (Å²) in [5.41, 5.74) is 5.05. The molecule has 0 saturated carbocycles. The molecule has 0 N–H and O–H groups in total. The van der Waals surface area contributed by atoms with Crippen LogP contribution in [0.2, 0.25) is 0 Å². The average molecular weight is 202 g/mol. The zero-order valence-electron chi connectivity index (χ0n) is 10.1. The van der Waals surface area contributed by atoms with E-state index in [2.05, 4.69) is 56.1 Å². The van der Waals surface area contributed by atoms with Crippen molar-refractivity contribution in [2.75, 3.05) is 0 Å². The lowest BCUT2D eigenvalue weighted by Gasteiger charge is -2.12. The number of aromatic nitrogens is 2. The summed E-state index contributed by atoms with van der Waals surface area (Å²) in [7, 11) is 0. The number of pyridine rings is 1. The van der Waals surface area contributed by atoms with Crippen LogP contribution in [0.1, 0.15) is 42.5 Å². The first-order valence-electron chi connectivity index (χ1n) is 5.47. The maximum atomic E-state index is 4.56. The van der Waals surface area contributed by atoms with E-state index in [0.717, 1.165) is 11.5 Å². The fourth-order valence-corrected chi connectivity index (χ4v) is 2.26. The van der Waals surface area contributed by atoms with E-state index in [4.69, 9.17) is 0 Å². The molecule has 2 heteroatoms. The standard InChI is InChI=1S/C13H18N2/c1-8(2)12-7-6-9(3)13-10(4)14-11(5)15(12)13/h6-8H,1-5H3. The Labute approximate surface area is 91.0 Å². The lowest BCUT2D eigenvalue weighted by atomic mass is 10.1. The molecule has 2 heterocycles. The Morgan fingerprint density at radius 1 is 1.13 bits per heavy atom. The minimum absolute atomic E-state index is 0.528. The molecule has 2 aromatic heterocycles. The third kappa shape index (κ3) is 1.44. The lowest BCUT2D eigenvalue weighted by molar-refractivity contribution is 0.786. The molecular weight excluding hydrogens is 184 g/mol. The number of nitrogens with zero attached hydrogens (tertiary/aromatic N) is 2. The maximum absolute atomic E-state index is 4.56. The van der Waals surface area contributed by atoms with Crippen LogP contribution in [0, 0.1) is 20.8 Å². The van der Waals surface area contributed by atoms with Crippen molar-refractivity contribution in [3.63, 3.8) is 0 Å². The van der Waals surface area contributed by atoms with Crippen LogP contribution in [-0.4, -0.2) is 9.38 Å². The molecule has 0 atom stereocenters. The van der Waals surface area contributed by atoms with Crippen molar-refractivity contribution < 1.29 is 0 Å². The Kier molecular flexibility index (Phi) is 2.29. The first kappa shape index (κ1) is 10.2. The second-order valence-electron chi connectivity index (χ2n) is 4.52. The summed E-state index contributed by atoms with van der Waals surface area (Å²) >= 11 is 0. The predicted octanol–water partition coefficient (Wildman–Crippen LogP) is 3.38. The molecule has 0 aliphatic heterocycles. The third-order valence-corrected chi connectivity index (χ3v) is 2.95. The van der Waals surface area contributed by atoms with Gasteiger partial charge in [0.05, 0.1) is 11.2 Å². The molecule has 0 saturated heterocycles. The van der Waals surface area contributed by atoms with E-state index in [0.29, 0.717) is 5.92 Å². The molecule has 2 rings (SSSR count). The normalized spacial score (nSPS) is 11.6. The predicted molar refractivity (Wildman–Crippen MR) is 63.5 cm³/mol. The summed E-state index contributed by atoms with van der Waals surface area (Å²) in [6.07, 6.45) is 0. The molecule has 2 aromatic rings. The van der Waals surface area contributed by atoms with Gasteiger partial charge in [0.15, 0.2) is 0 Å². The van der Waals surface area contributed by atoms with E-state index in [9.17, 15) is 0 Å². The van der Waals surface area contributed by atoms with Crippen LogP contribution in [0.5, 0.6) is 0 Å². The molecular formula is C13H18N2. The van der Waals surface area contributed by atoms with Gasteiger partial charge in [-0.2, -0.15) is 0 Å². The summed E-state index contributed by atoms with van der Waals surface area (Å²) in [6.45, 7) is 10.7. The van der Waals surface area contributed by atoms with Crippen molar-refractivity contribution in [1.29, 1.82) is 0 Å². The second kappa shape index (κ2) is 3.37. The molecule has 15 heavy (non-hydrogen) atoms. The van der Waals surface area contributed by atoms with Gasteiger partial charge in [-0.1, -0.05) is 19.9 Å². The second-order valence-corrected chi connectivity index (χ2v) is 4.52. The number of fused-ring (bicyclic) bond motifs is 1. The molecule has 0 aromatic carbocycles. The number of rotatable bonds is 1. The van der Waals surface area contributed by atoms with Crippen LogP contribution < -0.4 is 0 Å². The highest BCUT2D eigenvalue weighted by Crippen LogP contribution is 2.23. The van der Waals surface area contributed by atoms with Crippen LogP contribution in [0.25, 0.3) is 5.52 Å². The molecule has 0 fully saturated rings. The summed E-state index contributed by atoms with van der Waals surface area (Å²) in [4.78, 5) is 4.56. The van der Waals surface area contributed by atoms with Crippen LogP contribution in [0.15, 0.2) is 12.1 Å². The van der Waals surface area contributed by atoms with Crippen molar-refractivity contribution >= 4 is 5.52 Å². The van der Waals surface area contributed by atoms with Gasteiger partial charge in [0.1, 0.15) is 5.82 Å². The quantitative estimate of drug-likeness (QED) is 0.693. The fraction of sp³-hybridized carbons (Fsp3) is 0.462. The third-order valence-electron chi connectivity index (χ3n) is 2.95. The highest BCUT2D eigenvalue weighted by Gasteiger charge is 2.12. The fourth-order valence-electron chi connectivity index (χ4n) is 2.26. The van der Waals surface area contributed by atoms with Gasteiger partial charge in [-0.15, -0.1) is 0 Å².